The predicted octanol–water partition coefficient (Wildman–Crippen LogP) is 2.62. The zero-order valence-corrected chi connectivity index (χ0v) is 14.3. The van der Waals surface area contributed by atoms with Crippen LogP contribution in [-0.2, 0) is 6.54 Å². The van der Waals surface area contributed by atoms with Gasteiger partial charge in [-0.05, 0) is 19.3 Å². The fraction of sp³-hybridized carbons (Fsp3) is 0.562. The van der Waals surface area contributed by atoms with Gasteiger partial charge in [-0.1, -0.05) is 13.3 Å². The number of hydrogen-bond donors (Lipinski definition) is 1. The van der Waals surface area contributed by atoms with E-state index in [4.69, 9.17) is 5.73 Å². The number of anilines is 1. The number of imidazole rings is 1. The second-order valence-corrected chi connectivity index (χ2v) is 6.81. The van der Waals surface area contributed by atoms with Gasteiger partial charge in [-0.25, -0.2) is 9.97 Å². The third-order valence-electron chi connectivity index (χ3n) is 4.38. The fourth-order valence-electron chi connectivity index (χ4n) is 3.05. The lowest BCUT2D eigenvalue weighted by Crippen LogP contribution is -2.33. The lowest BCUT2D eigenvalue weighted by molar-refractivity contribution is 0.0996. The fourth-order valence-corrected chi connectivity index (χ4v) is 3.92. The summed E-state index contributed by atoms with van der Waals surface area (Å²) >= 11 is 1.49. The molecule has 0 aromatic carbocycles. The van der Waals surface area contributed by atoms with Gasteiger partial charge in [0.05, 0.1) is 0 Å². The summed E-state index contributed by atoms with van der Waals surface area (Å²) in [7, 11) is 0. The van der Waals surface area contributed by atoms with Gasteiger partial charge in [0.2, 0.25) is 0 Å². The van der Waals surface area contributed by atoms with Crippen LogP contribution < -0.4 is 10.6 Å². The summed E-state index contributed by atoms with van der Waals surface area (Å²) in [5.41, 5.74) is 5.64. The highest BCUT2D eigenvalue weighted by atomic mass is 32.1. The van der Waals surface area contributed by atoms with E-state index in [0.717, 1.165) is 37.6 Å². The van der Waals surface area contributed by atoms with Gasteiger partial charge in [-0.15, -0.1) is 11.3 Å². The molecule has 0 atom stereocenters. The molecule has 2 N–H and O–H groups in total. The van der Waals surface area contributed by atoms with Gasteiger partial charge in [0.1, 0.15) is 11.5 Å². The van der Waals surface area contributed by atoms with Crippen molar-refractivity contribution >= 4 is 22.4 Å². The molecule has 3 heterocycles. The molecule has 0 aliphatic carbocycles. The van der Waals surface area contributed by atoms with Gasteiger partial charge in [0, 0.05) is 43.3 Å². The first-order valence-corrected chi connectivity index (χ1v) is 9.08. The molecule has 1 aliphatic heterocycles. The minimum Gasteiger partial charge on any atom is -0.364 e. The standard InChI is InChI=1S/C16H23N5OS/c1-2-3-7-20-10-6-18-15(20)12-4-8-21(9-5-12)16-19-13(11-23-16)14(17)22/h6,10-12H,2-5,7-9H2,1H3,(H2,17,22). The SMILES string of the molecule is CCCCn1ccnc1C1CCN(c2nc(C(N)=O)cs2)CC1. The number of aryl methyl sites for hydroxylation is 1. The molecule has 1 saturated heterocycles. The normalized spacial score (nSPS) is 16.0. The number of primary amides is 1. The van der Waals surface area contributed by atoms with Crippen LogP contribution in [0.3, 0.4) is 0 Å². The Morgan fingerprint density at radius 2 is 2.22 bits per heavy atom. The summed E-state index contributed by atoms with van der Waals surface area (Å²) in [6.07, 6.45) is 8.53. The molecule has 1 amide bonds. The molecule has 1 aliphatic rings. The van der Waals surface area contributed by atoms with Crippen molar-refractivity contribution in [2.45, 2.75) is 45.1 Å². The Bertz CT molecular complexity index is 657. The first-order chi connectivity index (χ1) is 11.2. The highest BCUT2D eigenvalue weighted by molar-refractivity contribution is 7.13. The number of rotatable bonds is 6. The van der Waals surface area contributed by atoms with Crippen molar-refractivity contribution in [1.82, 2.24) is 14.5 Å². The summed E-state index contributed by atoms with van der Waals surface area (Å²) < 4.78 is 2.30. The van der Waals surface area contributed by atoms with E-state index in [1.165, 1.54) is 30.0 Å². The topological polar surface area (TPSA) is 77.0 Å². The van der Waals surface area contributed by atoms with E-state index in [0.29, 0.717) is 11.6 Å². The third-order valence-corrected chi connectivity index (χ3v) is 5.28. The number of nitrogens with zero attached hydrogens (tertiary/aromatic N) is 4. The Labute approximate surface area is 140 Å². The van der Waals surface area contributed by atoms with Crippen LogP contribution >= 0.6 is 11.3 Å². The quantitative estimate of drug-likeness (QED) is 0.881. The molecule has 23 heavy (non-hydrogen) atoms. The van der Waals surface area contributed by atoms with Crippen LogP contribution in [0.4, 0.5) is 5.13 Å². The number of unbranched alkanes of at least 4 members (excludes halogenated alkanes) is 1. The molecular formula is C16H23N5OS. The number of carbonyl (C=O) groups is 1. The second kappa shape index (κ2) is 7.12. The number of nitrogens with two attached hydrogens (primary N) is 1. The van der Waals surface area contributed by atoms with Gasteiger partial charge >= 0.3 is 0 Å². The molecule has 3 rings (SSSR count). The van der Waals surface area contributed by atoms with Crippen molar-refractivity contribution in [3.05, 3.63) is 29.3 Å². The molecule has 0 bridgehead atoms. The van der Waals surface area contributed by atoms with E-state index in [2.05, 4.69) is 32.6 Å². The largest absolute Gasteiger partial charge is 0.364 e. The molecule has 6 nitrogen and oxygen atoms in total. The molecular weight excluding hydrogens is 310 g/mol. The maximum Gasteiger partial charge on any atom is 0.268 e. The average molecular weight is 333 g/mol. The van der Waals surface area contributed by atoms with E-state index in [9.17, 15) is 4.79 Å². The van der Waals surface area contributed by atoms with Gasteiger partial charge < -0.3 is 15.2 Å². The Hall–Kier alpha value is -1.89. The Balaban J connectivity index is 1.62. The summed E-state index contributed by atoms with van der Waals surface area (Å²) in [6.45, 7) is 5.15. The highest BCUT2D eigenvalue weighted by Crippen LogP contribution is 2.31. The molecule has 0 saturated carbocycles. The van der Waals surface area contributed by atoms with Crippen LogP contribution in [-0.4, -0.2) is 33.5 Å². The van der Waals surface area contributed by atoms with E-state index in [-0.39, 0.29) is 0 Å². The van der Waals surface area contributed by atoms with Crippen molar-refractivity contribution in [3.63, 3.8) is 0 Å². The van der Waals surface area contributed by atoms with Crippen LogP contribution in [0, 0.1) is 0 Å². The number of thiazole rings is 1. The Kier molecular flexibility index (Phi) is 4.95. The summed E-state index contributed by atoms with van der Waals surface area (Å²) in [5.74, 6) is 1.27. The number of aromatic nitrogens is 3. The summed E-state index contributed by atoms with van der Waals surface area (Å²) in [6, 6.07) is 0. The molecule has 0 radical (unpaired) electrons. The number of hydrogen-bond acceptors (Lipinski definition) is 5. The van der Waals surface area contributed by atoms with Gasteiger partial charge in [-0.2, -0.15) is 0 Å². The zero-order valence-electron chi connectivity index (χ0n) is 13.4. The molecule has 124 valence electrons. The van der Waals surface area contributed by atoms with Crippen molar-refractivity contribution in [3.8, 4) is 0 Å². The van der Waals surface area contributed by atoms with Crippen LogP contribution in [0.2, 0.25) is 0 Å². The van der Waals surface area contributed by atoms with Crippen LogP contribution in [0.15, 0.2) is 17.8 Å². The van der Waals surface area contributed by atoms with Gasteiger partial charge in [0.15, 0.2) is 5.13 Å². The molecule has 0 unspecified atom stereocenters. The predicted molar refractivity (Wildman–Crippen MR) is 92.0 cm³/mol. The van der Waals surface area contributed by atoms with E-state index < -0.39 is 5.91 Å². The minimum atomic E-state index is -0.458. The first-order valence-electron chi connectivity index (χ1n) is 8.20. The third kappa shape index (κ3) is 3.55. The van der Waals surface area contributed by atoms with Crippen molar-refractivity contribution < 1.29 is 4.79 Å². The Morgan fingerprint density at radius 1 is 1.43 bits per heavy atom. The molecule has 2 aromatic rings. The number of carbonyl (C=O) groups excluding carboxylic acids is 1. The number of piperidine rings is 1. The van der Waals surface area contributed by atoms with Crippen LogP contribution in [0.1, 0.15) is 54.8 Å². The highest BCUT2D eigenvalue weighted by Gasteiger charge is 2.25. The summed E-state index contributed by atoms with van der Waals surface area (Å²) in [5, 5.41) is 2.63. The van der Waals surface area contributed by atoms with E-state index in [1.54, 1.807) is 5.38 Å². The number of amides is 1. The lowest BCUT2D eigenvalue weighted by Gasteiger charge is -2.31. The molecule has 1 fully saturated rings. The zero-order chi connectivity index (χ0) is 16.2. The summed E-state index contributed by atoms with van der Waals surface area (Å²) in [4.78, 5) is 22.3. The minimum absolute atomic E-state index is 0.363. The van der Waals surface area contributed by atoms with Gasteiger partial charge in [-0.3, -0.25) is 4.79 Å². The molecule has 7 heteroatoms. The van der Waals surface area contributed by atoms with Crippen LogP contribution in [0.5, 0.6) is 0 Å². The first kappa shape index (κ1) is 16.0. The van der Waals surface area contributed by atoms with Crippen molar-refractivity contribution in [2.24, 2.45) is 5.73 Å². The van der Waals surface area contributed by atoms with Crippen molar-refractivity contribution in [2.75, 3.05) is 18.0 Å². The maximum absolute atomic E-state index is 11.2. The molecule has 0 spiro atoms. The smallest absolute Gasteiger partial charge is 0.268 e. The Morgan fingerprint density at radius 3 is 2.87 bits per heavy atom. The monoisotopic (exact) mass is 333 g/mol. The maximum atomic E-state index is 11.2. The lowest BCUT2D eigenvalue weighted by atomic mass is 9.96. The van der Waals surface area contributed by atoms with E-state index >= 15 is 0 Å². The van der Waals surface area contributed by atoms with E-state index in [1.807, 2.05) is 6.20 Å². The van der Waals surface area contributed by atoms with Crippen LogP contribution in [0.25, 0.3) is 0 Å². The van der Waals surface area contributed by atoms with Crippen molar-refractivity contribution in [1.29, 1.82) is 0 Å². The second-order valence-electron chi connectivity index (χ2n) is 5.97. The average Bonchev–Trinajstić information content (AvgIpc) is 3.22. The molecule has 2 aromatic heterocycles. The van der Waals surface area contributed by atoms with Gasteiger partial charge in [0.25, 0.3) is 5.91 Å².